The maximum absolute atomic E-state index is 11.8. The van der Waals surface area contributed by atoms with E-state index in [1.165, 1.54) is 103 Å². The van der Waals surface area contributed by atoms with Crippen LogP contribution in [0.2, 0.25) is 0 Å². The van der Waals surface area contributed by atoms with E-state index in [9.17, 15) is 9.59 Å². The van der Waals surface area contributed by atoms with E-state index in [0.29, 0.717) is 26.1 Å². The lowest BCUT2D eigenvalue weighted by atomic mass is 10.1. The van der Waals surface area contributed by atoms with Crippen molar-refractivity contribution in [1.82, 2.24) is 0 Å². The average molecular weight is 511 g/mol. The first kappa shape index (κ1) is 34.9. The minimum atomic E-state index is -0.0459. The molecule has 0 heterocycles. The Bertz CT molecular complexity index is 421. The Morgan fingerprint density at radius 3 is 0.917 bits per heavy atom. The van der Waals surface area contributed by atoms with Crippen molar-refractivity contribution in [3.05, 3.63) is 0 Å². The SMILES string of the molecule is CCCCCCCCCCCCC(=O)OCCCCCCOC(=O)CCCCCCCCCCCC. The summed E-state index contributed by atoms with van der Waals surface area (Å²) in [7, 11) is 0. The van der Waals surface area contributed by atoms with E-state index in [4.69, 9.17) is 9.47 Å². The van der Waals surface area contributed by atoms with E-state index < -0.39 is 0 Å². The highest BCUT2D eigenvalue weighted by atomic mass is 16.5. The van der Waals surface area contributed by atoms with Crippen LogP contribution in [0.5, 0.6) is 0 Å². The second-order valence-electron chi connectivity index (χ2n) is 10.7. The molecule has 0 aliphatic heterocycles. The lowest BCUT2D eigenvalue weighted by molar-refractivity contribution is -0.145. The van der Waals surface area contributed by atoms with Crippen LogP contribution in [0.15, 0.2) is 0 Å². The summed E-state index contributed by atoms with van der Waals surface area (Å²) >= 11 is 0. The minimum absolute atomic E-state index is 0.0459. The highest BCUT2D eigenvalue weighted by molar-refractivity contribution is 5.69. The van der Waals surface area contributed by atoms with Gasteiger partial charge in [0.25, 0.3) is 0 Å². The number of carbonyl (C=O) groups is 2. The molecule has 0 aliphatic rings. The van der Waals surface area contributed by atoms with Crippen LogP contribution in [-0.4, -0.2) is 25.2 Å². The summed E-state index contributed by atoms with van der Waals surface area (Å²) in [5.41, 5.74) is 0. The molecular formula is C32H62O4. The van der Waals surface area contributed by atoms with Crippen molar-refractivity contribution in [1.29, 1.82) is 0 Å². The zero-order valence-corrected chi connectivity index (χ0v) is 24.4. The zero-order chi connectivity index (χ0) is 26.4. The van der Waals surface area contributed by atoms with Crippen molar-refractivity contribution in [3.8, 4) is 0 Å². The van der Waals surface area contributed by atoms with Crippen molar-refractivity contribution in [2.45, 2.75) is 181 Å². The van der Waals surface area contributed by atoms with Gasteiger partial charge >= 0.3 is 11.9 Å². The Labute approximate surface area is 225 Å². The largest absolute Gasteiger partial charge is 0.466 e. The van der Waals surface area contributed by atoms with Crippen molar-refractivity contribution < 1.29 is 19.1 Å². The lowest BCUT2D eigenvalue weighted by Crippen LogP contribution is -2.07. The molecule has 214 valence electrons. The summed E-state index contributed by atoms with van der Waals surface area (Å²) < 4.78 is 10.7. The molecule has 0 saturated carbocycles. The highest BCUT2D eigenvalue weighted by Gasteiger charge is 2.04. The van der Waals surface area contributed by atoms with Crippen LogP contribution in [0.4, 0.5) is 0 Å². The molecule has 0 fully saturated rings. The van der Waals surface area contributed by atoms with E-state index in [1.54, 1.807) is 0 Å². The van der Waals surface area contributed by atoms with Gasteiger partial charge in [0.1, 0.15) is 0 Å². The molecule has 4 heteroatoms. The summed E-state index contributed by atoms with van der Waals surface area (Å²) in [6, 6.07) is 0. The monoisotopic (exact) mass is 510 g/mol. The average Bonchev–Trinajstić information content (AvgIpc) is 2.87. The molecule has 0 spiro atoms. The van der Waals surface area contributed by atoms with E-state index in [0.717, 1.165) is 51.4 Å². The summed E-state index contributed by atoms with van der Waals surface area (Å²) in [5, 5.41) is 0. The third-order valence-corrected chi connectivity index (χ3v) is 7.03. The Balaban J connectivity index is 3.25. The molecule has 0 aliphatic carbocycles. The fourth-order valence-corrected chi connectivity index (χ4v) is 4.59. The van der Waals surface area contributed by atoms with Crippen molar-refractivity contribution >= 4 is 11.9 Å². The smallest absolute Gasteiger partial charge is 0.305 e. The minimum Gasteiger partial charge on any atom is -0.466 e. The number of carbonyl (C=O) groups excluding carboxylic acids is 2. The van der Waals surface area contributed by atoms with Gasteiger partial charge in [-0.1, -0.05) is 129 Å². The van der Waals surface area contributed by atoms with Crippen LogP contribution in [0.25, 0.3) is 0 Å². The van der Waals surface area contributed by atoms with Gasteiger partial charge in [-0.05, 0) is 38.5 Å². The quantitative estimate of drug-likeness (QED) is 0.0741. The molecule has 0 atom stereocenters. The van der Waals surface area contributed by atoms with Gasteiger partial charge in [0, 0.05) is 12.8 Å². The molecule has 0 rings (SSSR count). The topological polar surface area (TPSA) is 52.6 Å². The second kappa shape index (κ2) is 30.2. The van der Waals surface area contributed by atoms with Crippen LogP contribution in [-0.2, 0) is 19.1 Å². The molecule has 4 nitrogen and oxygen atoms in total. The number of ether oxygens (including phenoxy) is 2. The fraction of sp³-hybridized carbons (Fsp3) is 0.938. The molecule has 0 bridgehead atoms. The number of esters is 2. The van der Waals surface area contributed by atoms with Gasteiger partial charge in [-0.2, -0.15) is 0 Å². The summed E-state index contributed by atoms with van der Waals surface area (Å²) in [5.74, 6) is -0.0917. The number of hydrogen-bond acceptors (Lipinski definition) is 4. The molecule has 0 aromatic heterocycles. The van der Waals surface area contributed by atoms with E-state index in [2.05, 4.69) is 13.8 Å². The van der Waals surface area contributed by atoms with Gasteiger partial charge in [0.2, 0.25) is 0 Å². The Morgan fingerprint density at radius 2 is 0.611 bits per heavy atom. The van der Waals surface area contributed by atoms with Gasteiger partial charge in [-0.3, -0.25) is 9.59 Å². The third kappa shape index (κ3) is 29.2. The van der Waals surface area contributed by atoms with Gasteiger partial charge in [0.05, 0.1) is 13.2 Å². The summed E-state index contributed by atoms with van der Waals surface area (Å²) in [4.78, 5) is 23.6. The van der Waals surface area contributed by atoms with Crippen LogP contribution in [0.1, 0.15) is 181 Å². The number of rotatable bonds is 29. The second-order valence-corrected chi connectivity index (χ2v) is 10.7. The van der Waals surface area contributed by atoms with Gasteiger partial charge in [0.15, 0.2) is 0 Å². The molecule has 0 aromatic carbocycles. The predicted octanol–water partition coefficient (Wildman–Crippen LogP) is 10.3. The first-order valence-electron chi connectivity index (χ1n) is 16.0. The molecule has 0 amide bonds. The first-order valence-corrected chi connectivity index (χ1v) is 16.0. The molecule has 0 aromatic rings. The summed E-state index contributed by atoms with van der Waals surface area (Å²) in [6.07, 6.45) is 30.5. The van der Waals surface area contributed by atoms with Crippen molar-refractivity contribution in [3.63, 3.8) is 0 Å². The zero-order valence-electron chi connectivity index (χ0n) is 24.4. The molecule has 0 saturated heterocycles. The lowest BCUT2D eigenvalue weighted by Gasteiger charge is -2.06. The molecule has 0 unspecified atom stereocenters. The van der Waals surface area contributed by atoms with Crippen molar-refractivity contribution in [2.75, 3.05) is 13.2 Å². The van der Waals surface area contributed by atoms with E-state index in [-0.39, 0.29) is 11.9 Å². The van der Waals surface area contributed by atoms with E-state index >= 15 is 0 Å². The molecule has 36 heavy (non-hydrogen) atoms. The van der Waals surface area contributed by atoms with Gasteiger partial charge < -0.3 is 9.47 Å². The molecular weight excluding hydrogens is 448 g/mol. The first-order chi connectivity index (χ1) is 17.7. The Morgan fingerprint density at radius 1 is 0.361 bits per heavy atom. The standard InChI is InChI=1S/C32H62O4/c1-3-5-7-9-11-13-15-17-19-23-27-31(33)35-29-25-21-22-26-30-36-32(34)28-24-20-18-16-14-12-10-8-6-4-2/h3-30H2,1-2H3. The Kier molecular flexibility index (Phi) is 29.3. The maximum Gasteiger partial charge on any atom is 0.305 e. The molecule has 0 N–H and O–H groups in total. The fourth-order valence-electron chi connectivity index (χ4n) is 4.59. The number of unbranched alkanes of at least 4 members (excludes halogenated alkanes) is 21. The molecule has 0 radical (unpaired) electrons. The van der Waals surface area contributed by atoms with Crippen LogP contribution in [0.3, 0.4) is 0 Å². The van der Waals surface area contributed by atoms with Crippen LogP contribution < -0.4 is 0 Å². The predicted molar refractivity (Wildman–Crippen MR) is 153 cm³/mol. The van der Waals surface area contributed by atoms with Crippen LogP contribution in [0, 0.1) is 0 Å². The normalized spacial score (nSPS) is 11.1. The van der Waals surface area contributed by atoms with Crippen LogP contribution >= 0.6 is 0 Å². The Hall–Kier alpha value is -1.06. The van der Waals surface area contributed by atoms with Gasteiger partial charge in [-0.15, -0.1) is 0 Å². The highest BCUT2D eigenvalue weighted by Crippen LogP contribution is 2.13. The summed E-state index contributed by atoms with van der Waals surface area (Å²) in [6.45, 7) is 5.56. The maximum atomic E-state index is 11.8. The third-order valence-electron chi connectivity index (χ3n) is 7.03. The van der Waals surface area contributed by atoms with E-state index in [1.807, 2.05) is 0 Å². The van der Waals surface area contributed by atoms with Gasteiger partial charge in [-0.25, -0.2) is 0 Å². The number of hydrogen-bond donors (Lipinski definition) is 0. The van der Waals surface area contributed by atoms with Crippen molar-refractivity contribution in [2.24, 2.45) is 0 Å².